The van der Waals surface area contributed by atoms with Crippen LogP contribution in [0.25, 0.3) is 11.2 Å². The summed E-state index contributed by atoms with van der Waals surface area (Å²) in [6.45, 7) is 4.16. The van der Waals surface area contributed by atoms with E-state index in [1.54, 1.807) is 18.3 Å². The third kappa shape index (κ3) is 5.22. The number of amides is 1. The van der Waals surface area contributed by atoms with Crippen LogP contribution in [0.2, 0.25) is 5.02 Å². The van der Waals surface area contributed by atoms with Crippen LogP contribution in [-0.4, -0.2) is 42.7 Å². The summed E-state index contributed by atoms with van der Waals surface area (Å²) in [7, 11) is 0. The molecule has 0 unspecified atom stereocenters. The number of fused-ring (bicyclic) bond motifs is 1. The van der Waals surface area contributed by atoms with Gasteiger partial charge in [-0.15, -0.1) is 0 Å². The van der Waals surface area contributed by atoms with Crippen LogP contribution >= 0.6 is 11.6 Å². The predicted molar refractivity (Wildman–Crippen MR) is 141 cm³/mol. The number of nitrogens with two attached hydrogens (primary N) is 1. The zero-order chi connectivity index (χ0) is 26.3. The number of hydrogen-bond donors (Lipinski definition) is 4. The lowest BCUT2D eigenvalue weighted by Gasteiger charge is -2.39. The second-order valence-electron chi connectivity index (χ2n) is 11.0. The van der Waals surface area contributed by atoms with E-state index in [1.165, 1.54) is 6.07 Å². The molecule has 1 aromatic carbocycles. The van der Waals surface area contributed by atoms with Gasteiger partial charge in [-0.3, -0.25) is 9.36 Å². The number of aliphatic hydroxyl groups excluding tert-OH is 1. The highest BCUT2D eigenvalue weighted by Gasteiger charge is 2.35. The molecule has 2 fully saturated rings. The van der Waals surface area contributed by atoms with Crippen molar-refractivity contribution in [1.82, 2.24) is 19.5 Å². The van der Waals surface area contributed by atoms with E-state index in [1.807, 2.05) is 4.57 Å². The van der Waals surface area contributed by atoms with Gasteiger partial charge < -0.3 is 21.5 Å². The van der Waals surface area contributed by atoms with E-state index in [2.05, 4.69) is 34.4 Å². The van der Waals surface area contributed by atoms with E-state index >= 15 is 0 Å². The maximum Gasteiger partial charge on any atom is 0.224 e. The predicted octanol–water partition coefficient (Wildman–Crippen LogP) is 4.93. The zero-order valence-corrected chi connectivity index (χ0v) is 21.8. The Bertz CT molecular complexity index is 1290. The van der Waals surface area contributed by atoms with Gasteiger partial charge in [0.25, 0.3) is 0 Å². The van der Waals surface area contributed by atoms with Gasteiger partial charge in [-0.2, -0.15) is 4.98 Å². The van der Waals surface area contributed by atoms with Gasteiger partial charge in [-0.25, -0.2) is 14.4 Å². The van der Waals surface area contributed by atoms with Gasteiger partial charge in [0.2, 0.25) is 17.8 Å². The summed E-state index contributed by atoms with van der Waals surface area (Å²) < 4.78 is 16.6. The molecular formula is C26H33ClFN7O2. The smallest absolute Gasteiger partial charge is 0.224 e. The van der Waals surface area contributed by atoms with Gasteiger partial charge in [-0.05, 0) is 62.5 Å². The number of hydrogen-bond acceptors (Lipinski definition) is 7. The fourth-order valence-corrected chi connectivity index (χ4v) is 5.69. The molecule has 5 N–H and O–H groups in total. The monoisotopic (exact) mass is 529 g/mol. The zero-order valence-electron chi connectivity index (χ0n) is 21.0. The lowest BCUT2D eigenvalue weighted by Crippen LogP contribution is -2.41. The van der Waals surface area contributed by atoms with Crippen molar-refractivity contribution in [3.8, 4) is 0 Å². The minimum Gasteiger partial charge on any atom is -0.392 e. The largest absolute Gasteiger partial charge is 0.392 e. The summed E-state index contributed by atoms with van der Waals surface area (Å²) in [5.41, 5.74) is 6.73. The molecule has 2 aliphatic carbocycles. The first-order chi connectivity index (χ1) is 17.6. The normalized spacial score (nSPS) is 25.6. The number of halogens is 2. The highest BCUT2D eigenvalue weighted by atomic mass is 35.5. The Morgan fingerprint density at radius 3 is 2.65 bits per heavy atom. The summed E-state index contributed by atoms with van der Waals surface area (Å²) in [4.78, 5) is 25.7. The molecule has 2 aliphatic rings. The summed E-state index contributed by atoms with van der Waals surface area (Å²) >= 11 is 6.29. The Morgan fingerprint density at radius 1 is 1.22 bits per heavy atom. The minimum absolute atomic E-state index is 0.0197. The number of imidazole rings is 1. The standard InChI is InChI=1S/C26H33ClFN7O2/c1-26(2)11-10-15(12-20(26)36)31-24-30-13-19-23(34-24)35(16-8-6-14(7-9-16)22(29)37)25(32-19)33-21-17(27)4-3-5-18(21)28/h3-5,13-16,20,36H,6-12H2,1-2H3,(H2,29,37)(H,32,33)(H,30,31,34)/t14-,15-,16+,20-/m1/s1. The van der Waals surface area contributed by atoms with Gasteiger partial charge in [0.1, 0.15) is 11.3 Å². The molecule has 37 heavy (non-hydrogen) atoms. The van der Waals surface area contributed by atoms with E-state index < -0.39 is 11.9 Å². The number of aromatic nitrogens is 4. The van der Waals surface area contributed by atoms with Crippen molar-refractivity contribution in [2.75, 3.05) is 10.6 Å². The molecule has 1 amide bonds. The highest BCUT2D eigenvalue weighted by Crippen LogP contribution is 2.39. The van der Waals surface area contributed by atoms with Crippen molar-refractivity contribution >= 4 is 46.3 Å². The molecule has 2 heterocycles. The molecule has 5 rings (SSSR count). The molecule has 0 radical (unpaired) electrons. The number of aliphatic hydroxyl groups is 1. The Balaban J connectivity index is 1.49. The van der Waals surface area contributed by atoms with Gasteiger partial charge in [0, 0.05) is 18.0 Å². The molecule has 0 saturated heterocycles. The number of carbonyl (C=O) groups excluding carboxylic acids is 1. The van der Waals surface area contributed by atoms with Crippen LogP contribution in [-0.2, 0) is 4.79 Å². The second-order valence-corrected chi connectivity index (χ2v) is 11.4. The molecule has 2 atom stereocenters. The Kier molecular flexibility index (Phi) is 6.97. The molecule has 2 aromatic heterocycles. The Hall–Kier alpha value is -2.98. The number of primary amides is 1. The van der Waals surface area contributed by atoms with Crippen molar-refractivity contribution in [3.63, 3.8) is 0 Å². The summed E-state index contributed by atoms with van der Waals surface area (Å²) in [5, 5.41) is 17.2. The van der Waals surface area contributed by atoms with Gasteiger partial charge in [-0.1, -0.05) is 31.5 Å². The van der Waals surface area contributed by atoms with Crippen LogP contribution in [0.4, 0.5) is 22.0 Å². The quantitative estimate of drug-likeness (QED) is 0.356. The summed E-state index contributed by atoms with van der Waals surface area (Å²) in [5.74, 6) is -0.0668. The number of nitrogens with one attached hydrogen (secondary N) is 2. The lowest BCUT2D eigenvalue weighted by atomic mass is 9.73. The average Bonchev–Trinajstić information content (AvgIpc) is 3.21. The van der Waals surface area contributed by atoms with Crippen LogP contribution in [0.1, 0.15) is 64.8 Å². The van der Waals surface area contributed by atoms with Gasteiger partial charge >= 0.3 is 0 Å². The molecule has 198 valence electrons. The molecule has 11 heteroatoms. The topological polar surface area (TPSA) is 131 Å². The first kappa shape index (κ1) is 25.7. The van der Waals surface area contributed by atoms with Crippen LogP contribution in [0, 0.1) is 17.2 Å². The highest BCUT2D eigenvalue weighted by molar-refractivity contribution is 6.33. The third-order valence-corrected chi connectivity index (χ3v) is 8.29. The van der Waals surface area contributed by atoms with E-state index in [-0.39, 0.29) is 40.0 Å². The van der Waals surface area contributed by atoms with E-state index in [4.69, 9.17) is 22.3 Å². The molecular weight excluding hydrogens is 497 g/mol. The second kappa shape index (κ2) is 10.1. The Morgan fingerprint density at radius 2 is 1.97 bits per heavy atom. The van der Waals surface area contributed by atoms with E-state index in [0.29, 0.717) is 55.2 Å². The van der Waals surface area contributed by atoms with Crippen LogP contribution in [0.3, 0.4) is 0 Å². The number of anilines is 3. The minimum atomic E-state index is -0.490. The first-order valence-electron chi connectivity index (χ1n) is 12.8. The van der Waals surface area contributed by atoms with Crippen molar-refractivity contribution in [2.24, 2.45) is 17.1 Å². The van der Waals surface area contributed by atoms with Crippen molar-refractivity contribution in [1.29, 1.82) is 0 Å². The molecule has 0 spiro atoms. The van der Waals surface area contributed by atoms with Crippen LogP contribution < -0.4 is 16.4 Å². The first-order valence-corrected chi connectivity index (χ1v) is 13.2. The molecule has 2 saturated carbocycles. The fourth-order valence-electron chi connectivity index (χ4n) is 5.47. The maximum absolute atomic E-state index is 14.6. The lowest BCUT2D eigenvalue weighted by molar-refractivity contribution is -0.122. The number of benzene rings is 1. The Labute approximate surface area is 220 Å². The summed E-state index contributed by atoms with van der Waals surface area (Å²) in [6, 6.07) is 4.52. The van der Waals surface area contributed by atoms with Crippen molar-refractivity contribution in [2.45, 2.75) is 77.0 Å². The number of nitrogens with zero attached hydrogens (tertiary/aromatic N) is 4. The molecule has 0 bridgehead atoms. The van der Waals surface area contributed by atoms with Gasteiger partial charge in [0.05, 0.1) is 23.0 Å². The molecule has 0 aliphatic heterocycles. The number of para-hydroxylation sites is 1. The number of carbonyl (C=O) groups is 1. The summed E-state index contributed by atoms with van der Waals surface area (Å²) in [6.07, 6.45) is 6.38. The SMILES string of the molecule is CC1(C)CC[C@@H](Nc2ncc3nc(Nc4c(F)cccc4Cl)n([C@H]4CC[C@@H](C(N)=O)CC4)c3n2)C[C@H]1O. The van der Waals surface area contributed by atoms with Crippen molar-refractivity contribution < 1.29 is 14.3 Å². The number of rotatable bonds is 6. The van der Waals surface area contributed by atoms with Crippen molar-refractivity contribution in [3.05, 3.63) is 35.2 Å². The van der Waals surface area contributed by atoms with E-state index in [9.17, 15) is 14.3 Å². The average molecular weight is 530 g/mol. The third-order valence-electron chi connectivity index (χ3n) is 7.98. The molecule has 3 aromatic rings. The van der Waals surface area contributed by atoms with Gasteiger partial charge in [0.15, 0.2) is 5.65 Å². The van der Waals surface area contributed by atoms with Crippen LogP contribution in [0.15, 0.2) is 24.4 Å². The van der Waals surface area contributed by atoms with E-state index in [0.717, 1.165) is 12.8 Å². The van der Waals surface area contributed by atoms with Crippen LogP contribution in [0.5, 0.6) is 0 Å². The maximum atomic E-state index is 14.6. The fraction of sp³-hybridized carbons (Fsp3) is 0.538. The molecule has 9 nitrogen and oxygen atoms in total.